The molecule has 2 heterocycles. The summed E-state index contributed by atoms with van der Waals surface area (Å²) in [7, 11) is 3.20. The molecule has 94 valence electrons. The fourth-order valence-corrected chi connectivity index (χ4v) is 2.57. The fourth-order valence-electron chi connectivity index (χ4n) is 2.57. The van der Waals surface area contributed by atoms with Gasteiger partial charge in [0.2, 0.25) is 6.41 Å². The smallest absolute Gasteiger partial charge is 0.214 e. The van der Waals surface area contributed by atoms with Crippen molar-refractivity contribution in [3.05, 3.63) is 17.8 Å². The van der Waals surface area contributed by atoms with Crippen LogP contribution in [0, 0.1) is 0 Å². The summed E-state index contributed by atoms with van der Waals surface area (Å²) in [4.78, 5) is 16.0. The third kappa shape index (κ3) is 1.30. The minimum Gasteiger partial charge on any atom is -0.493 e. The first-order valence-electron chi connectivity index (χ1n) is 5.77. The Morgan fingerprint density at radius 2 is 2.22 bits per heavy atom. The van der Waals surface area contributed by atoms with Crippen molar-refractivity contribution in [3.8, 4) is 11.5 Å². The van der Waals surface area contributed by atoms with Crippen molar-refractivity contribution in [2.24, 2.45) is 0 Å². The zero-order valence-electron chi connectivity index (χ0n) is 10.3. The predicted molar refractivity (Wildman–Crippen MR) is 68.5 cm³/mol. The summed E-state index contributed by atoms with van der Waals surface area (Å²) in [5.41, 5.74) is 2.97. The molecule has 2 aromatic rings. The van der Waals surface area contributed by atoms with Gasteiger partial charge in [0.15, 0.2) is 11.5 Å². The monoisotopic (exact) mass is 246 g/mol. The van der Waals surface area contributed by atoms with Gasteiger partial charge in [0, 0.05) is 24.2 Å². The van der Waals surface area contributed by atoms with Crippen LogP contribution in [0.4, 0.5) is 5.69 Å². The number of nitrogens with one attached hydrogen (secondary N) is 1. The number of ether oxygens (including phenoxy) is 2. The van der Waals surface area contributed by atoms with Crippen molar-refractivity contribution in [1.29, 1.82) is 0 Å². The molecule has 5 nitrogen and oxygen atoms in total. The number of carbonyl (C=O) groups is 1. The molecule has 0 radical (unpaired) electrons. The summed E-state index contributed by atoms with van der Waals surface area (Å²) in [6, 6.07) is 1.85. The van der Waals surface area contributed by atoms with Crippen LogP contribution in [0.15, 0.2) is 12.3 Å². The molecule has 0 unspecified atom stereocenters. The summed E-state index contributed by atoms with van der Waals surface area (Å²) >= 11 is 0. The highest BCUT2D eigenvalue weighted by Crippen LogP contribution is 2.44. The Morgan fingerprint density at radius 1 is 1.39 bits per heavy atom. The molecule has 0 bridgehead atoms. The molecule has 1 amide bonds. The van der Waals surface area contributed by atoms with Crippen LogP contribution in [0.3, 0.4) is 0 Å². The Morgan fingerprint density at radius 3 is 2.89 bits per heavy atom. The largest absolute Gasteiger partial charge is 0.493 e. The van der Waals surface area contributed by atoms with Gasteiger partial charge < -0.3 is 19.4 Å². The van der Waals surface area contributed by atoms with Crippen LogP contribution in [0.25, 0.3) is 10.9 Å². The fraction of sp³-hybridized carbons (Fsp3) is 0.308. The normalized spacial score (nSPS) is 13.8. The lowest BCUT2D eigenvalue weighted by atomic mass is 10.0. The molecular formula is C13H14N2O3. The van der Waals surface area contributed by atoms with E-state index in [9.17, 15) is 4.79 Å². The molecule has 1 aromatic carbocycles. The number of H-pyrrole nitrogens is 1. The number of amides is 1. The van der Waals surface area contributed by atoms with E-state index < -0.39 is 0 Å². The first-order chi connectivity index (χ1) is 8.80. The molecule has 0 aliphatic carbocycles. The average molecular weight is 246 g/mol. The lowest BCUT2D eigenvalue weighted by molar-refractivity contribution is -0.107. The van der Waals surface area contributed by atoms with Gasteiger partial charge in [-0.15, -0.1) is 0 Å². The number of anilines is 1. The SMILES string of the molecule is COc1cc2c3c(c[nH]c3c1OC)CCN2C=O. The Labute approximate surface area is 104 Å². The van der Waals surface area contributed by atoms with Crippen molar-refractivity contribution in [3.63, 3.8) is 0 Å². The van der Waals surface area contributed by atoms with Gasteiger partial charge in [-0.25, -0.2) is 0 Å². The van der Waals surface area contributed by atoms with E-state index in [0.29, 0.717) is 18.0 Å². The number of hydrogen-bond donors (Lipinski definition) is 1. The number of aromatic nitrogens is 1. The molecule has 3 rings (SSSR count). The van der Waals surface area contributed by atoms with Crippen LogP contribution in [0.2, 0.25) is 0 Å². The third-order valence-electron chi connectivity index (χ3n) is 3.42. The van der Waals surface area contributed by atoms with Gasteiger partial charge >= 0.3 is 0 Å². The zero-order valence-corrected chi connectivity index (χ0v) is 10.3. The minimum absolute atomic E-state index is 0.627. The maximum absolute atomic E-state index is 11.1. The lowest BCUT2D eigenvalue weighted by Crippen LogP contribution is -2.27. The summed E-state index contributed by atoms with van der Waals surface area (Å²) in [5.74, 6) is 1.30. The maximum Gasteiger partial charge on any atom is 0.214 e. The predicted octanol–water partition coefficient (Wildman–Crippen LogP) is 1.70. The molecule has 5 heteroatoms. The van der Waals surface area contributed by atoms with E-state index in [1.807, 2.05) is 12.3 Å². The van der Waals surface area contributed by atoms with E-state index in [2.05, 4.69) is 4.98 Å². The molecule has 0 spiro atoms. The first kappa shape index (κ1) is 11.0. The van der Waals surface area contributed by atoms with Crippen LogP contribution in [0.5, 0.6) is 11.5 Å². The number of nitrogens with zero attached hydrogens (tertiary/aromatic N) is 1. The van der Waals surface area contributed by atoms with Crippen LogP contribution in [-0.2, 0) is 11.2 Å². The van der Waals surface area contributed by atoms with Crippen molar-refractivity contribution in [1.82, 2.24) is 4.98 Å². The van der Waals surface area contributed by atoms with Gasteiger partial charge in [-0.2, -0.15) is 0 Å². The second kappa shape index (κ2) is 3.94. The topological polar surface area (TPSA) is 54.6 Å². The molecule has 0 saturated carbocycles. The molecule has 1 aliphatic rings. The number of benzene rings is 1. The second-order valence-corrected chi connectivity index (χ2v) is 4.24. The van der Waals surface area contributed by atoms with Crippen molar-refractivity contribution >= 4 is 23.0 Å². The standard InChI is InChI=1S/C13H14N2O3/c1-17-10-5-9-11-8(3-4-15(9)7-16)6-14-12(11)13(10)18-2/h5-7,14H,3-4H2,1-2H3. The molecule has 1 aliphatic heterocycles. The molecule has 0 saturated heterocycles. The minimum atomic E-state index is 0.627. The van der Waals surface area contributed by atoms with E-state index in [-0.39, 0.29) is 0 Å². The number of hydrogen-bond acceptors (Lipinski definition) is 3. The Kier molecular flexibility index (Phi) is 2.40. The van der Waals surface area contributed by atoms with Crippen molar-refractivity contribution < 1.29 is 14.3 Å². The van der Waals surface area contributed by atoms with E-state index in [1.165, 1.54) is 5.56 Å². The van der Waals surface area contributed by atoms with Gasteiger partial charge in [0.25, 0.3) is 0 Å². The van der Waals surface area contributed by atoms with Crippen LogP contribution >= 0.6 is 0 Å². The third-order valence-corrected chi connectivity index (χ3v) is 3.42. The number of rotatable bonds is 3. The lowest BCUT2D eigenvalue weighted by Gasteiger charge is -2.25. The maximum atomic E-state index is 11.1. The highest BCUT2D eigenvalue weighted by molar-refractivity contribution is 6.05. The quantitative estimate of drug-likeness (QED) is 0.839. The molecule has 0 fully saturated rings. The van der Waals surface area contributed by atoms with Crippen molar-refractivity contribution in [2.45, 2.75) is 6.42 Å². The van der Waals surface area contributed by atoms with Gasteiger partial charge in [0.1, 0.15) is 0 Å². The molecule has 1 N–H and O–H groups in total. The highest BCUT2D eigenvalue weighted by atomic mass is 16.5. The summed E-state index contributed by atoms with van der Waals surface area (Å²) in [5, 5.41) is 1.05. The number of aromatic amines is 1. The summed E-state index contributed by atoms with van der Waals surface area (Å²) in [6.07, 6.45) is 3.68. The van der Waals surface area contributed by atoms with E-state index in [1.54, 1.807) is 19.1 Å². The number of methoxy groups -OCH3 is 2. The van der Waals surface area contributed by atoms with Gasteiger partial charge in [-0.3, -0.25) is 4.79 Å². The van der Waals surface area contributed by atoms with Crippen LogP contribution < -0.4 is 14.4 Å². The highest BCUT2D eigenvalue weighted by Gasteiger charge is 2.24. The van der Waals surface area contributed by atoms with Gasteiger partial charge in [-0.05, 0) is 12.0 Å². The molecular weight excluding hydrogens is 232 g/mol. The Hall–Kier alpha value is -2.17. The molecule has 1 aromatic heterocycles. The first-order valence-corrected chi connectivity index (χ1v) is 5.77. The van der Waals surface area contributed by atoms with Crippen molar-refractivity contribution in [2.75, 3.05) is 25.7 Å². The molecule has 18 heavy (non-hydrogen) atoms. The van der Waals surface area contributed by atoms with E-state index in [4.69, 9.17) is 9.47 Å². The van der Waals surface area contributed by atoms with E-state index in [0.717, 1.165) is 29.4 Å². The van der Waals surface area contributed by atoms with Gasteiger partial charge in [0.05, 0.1) is 25.4 Å². The second-order valence-electron chi connectivity index (χ2n) is 4.24. The number of carbonyl (C=O) groups excluding carboxylic acids is 1. The summed E-state index contributed by atoms with van der Waals surface area (Å²) < 4.78 is 10.7. The zero-order chi connectivity index (χ0) is 12.7. The summed E-state index contributed by atoms with van der Waals surface area (Å²) in [6.45, 7) is 0.693. The van der Waals surface area contributed by atoms with Crippen LogP contribution in [-0.4, -0.2) is 32.2 Å². The van der Waals surface area contributed by atoms with Gasteiger partial charge in [-0.1, -0.05) is 0 Å². The molecule has 0 atom stereocenters. The van der Waals surface area contributed by atoms with Crippen LogP contribution in [0.1, 0.15) is 5.56 Å². The average Bonchev–Trinajstić information content (AvgIpc) is 2.84. The van der Waals surface area contributed by atoms with E-state index >= 15 is 0 Å². The Balaban J connectivity index is 2.38. The Bertz CT molecular complexity index is 618.